The fourth-order valence-electron chi connectivity index (χ4n) is 1.62. The monoisotopic (exact) mass is 281 g/mol. The SMILES string of the molecule is CN(CCCN)CC(=O)NCCSc1ccccc1. The van der Waals surface area contributed by atoms with Crippen LogP contribution in [0.15, 0.2) is 35.2 Å². The molecule has 0 heterocycles. The lowest BCUT2D eigenvalue weighted by atomic mass is 10.4. The Kier molecular flexibility index (Phi) is 8.29. The lowest BCUT2D eigenvalue weighted by Gasteiger charge is -2.15. The zero-order chi connectivity index (χ0) is 13.9. The summed E-state index contributed by atoms with van der Waals surface area (Å²) in [6.07, 6.45) is 0.924. The van der Waals surface area contributed by atoms with Crippen molar-refractivity contribution in [2.75, 3.05) is 39.0 Å². The summed E-state index contributed by atoms with van der Waals surface area (Å²) >= 11 is 1.75. The summed E-state index contributed by atoms with van der Waals surface area (Å²) in [5.41, 5.74) is 5.43. The number of nitrogens with zero attached hydrogens (tertiary/aromatic N) is 1. The Morgan fingerprint density at radius 2 is 2.11 bits per heavy atom. The number of nitrogens with two attached hydrogens (primary N) is 1. The van der Waals surface area contributed by atoms with E-state index in [9.17, 15) is 4.79 Å². The van der Waals surface area contributed by atoms with Crippen molar-refractivity contribution in [3.05, 3.63) is 30.3 Å². The van der Waals surface area contributed by atoms with Crippen LogP contribution in [0, 0.1) is 0 Å². The molecule has 0 aliphatic heterocycles. The van der Waals surface area contributed by atoms with Crippen LogP contribution in [0.2, 0.25) is 0 Å². The van der Waals surface area contributed by atoms with Gasteiger partial charge in [-0.15, -0.1) is 11.8 Å². The molecule has 0 aliphatic carbocycles. The molecule has 0 radical (unpaired) electrons. The van der Waals surface area contributed by atoms with Crippen LogP contribution >= 0.6 is 11.8 Å². The minimum atomic E-state index is 0.0770. The molecule has 106 valence electrons. The molecular weight excluding hydrogens is 258 g/mol. The van der Waals surface area contributed by atoms with Gasteiger partial charge in [-0.05, 0) is 38.7 Å². The van der Waals surface area contributed by atoms with Gasteiger partial charge in [-0.25, -0.2) is 0 Å². The second-order valence-electron chi connectivity index (χ2n) is 4.39. The molecule has 0 unspecified atom stereocenters. The molecule has 0 fully saturated rings. The van der Waals surface area contributed by atoms with Crippen LogP contribution in [0.25, 0.3) is 0 Å². The second-order valence-corrected chi connectivity index (χ2v) is 5.56. The van der Waals surface area contributed by atoms with Crippen LogP contribution < -0.4 is 11.1 Å². The van der Waals surface area contributed by atoms with Gasteiger partial charge in [-0.1, -0.05) is 18.2 Å². The fraction of sp³-hybridized carbons (Fsp3) is 0.500. The smallest absolute Gasteiger partial charge is 0.234 e. The van der Waals surface area contributed by atoms with Crippen molar-refractivity contribution < 1.29 is 4.79 Å². The first-order valence-electron chi connectivity index (χ1n) is 6.55. The quantitative estimate of drug-likeness (QED) is 0.527. The first-order valence-corrected chi connectivity index (χ1v) is 7.54. The number of benzene rings is 1. The van der Waals surface area contributed by atoms with E-state index in [1.807, 2.05) is 30.1 Å². The molecule has 1 aromatic carbocycles. The number of hydrogen-bond donors (Lipinski definition) is 2. The molecular formula is C14H23N3OS. The minimum Gasteiger partial charge on any atom is -0.354 e. The third-order valence-corrected chi connectivity index (χ3v) is 3.61. The fourth-order valence-corrected chi connectivity index (χ4v) is 2.41. The van der Waals surface area contributed by atoms with Crippen molar-refractivity contribution in [3.63, 3.8) is 0 Å². The van der Waals surface area contributed by atoms with Gasteiger partial charge in [0.05, 0.1) is 6.54 Å². The Balaban J connectivity index is 2.07. The van der Waals surface area contributed by atoms with Gasteiger partial charge in [0.2, 0.25) is 5.91 Å². The number of likely N-dealkylation sites (N-methyl/N-ethyl adjacent to an activating group) is 1. The van der Waals surface area contributed by atoms with Gasteiger partial charge < -0.3 is 11.1 Å². The average Bonchev–Trinajstić information content (AvgIpc) is 2.42. The summed E-state index contributed by atoms with van der Waals surface area (Å²) < 4.78 is 0. The van der Waals surface area contributed by atoms with Gasteiger partial charge in [-0.2, -0.15) is 0 Å². The number of rotatable bonds is 9. The zero-order valence-corrected chi connectivity index (χ0v) is 12.3. The van der Waals surface area contributed by atoms with Crippen molar-refractivity contribution in [1.29, 1.82) is 0 Å². The Morgan fingerprint density at radius 3 is 2.79 bits per heavy atom. The molecule has 1 aromatic rings. The van der Waals surface area contributed by atoms with Crippen LogP contribution in [0.1, 0.15) is 6.42 Å². The van der Waals surface area contributed by atoms with Crippen LogP contribution in [-0.4, -0.2) is 49.8 Å². The molecule has 5 heteroatoms. The van der Waals surface area contributed by atoms with Crippen LogP contribution in [0.3, 0.4) is 0 Å². The average molecular weight is 281 g/mol. The molecule has 0 aromatic heterocycles. The molecule has 0 saturated carbocycles. The van der Waals surface area contributed by atoms with E-state index in [4.69, 9.17) is 5.73 Å². The van der Waals surface area contributed by atoms with E-state index in [1.165, 1.54) is 4.90 Å². The number of thioether (sulfide) groups is 1. The number of carbonyl (C=O) groups is 1. The summed E-state index contributed by atoms with van der Waals surface area (Å²) in [6.45, 7) is 2.67. The van der Waals surface area contributed by atoms with E-state index in [2.05, 4.69) is 17.4 Å². The Labute approximate surface area is 119 Å². The predicted molar refractivity (Wildman–Crippen MR) is 81.3 cm³/mol. The van der Waals surface area contributed by atoms with Crippen LogP contribution in [0.5, 0.6) is 0 Å². The van der Waals surface area contributed by atoms with Gasteiger partial charge in [0.15, 0.2) is 0 Å². The first-order chi connectivity index (χ1) is 9.22. The summed E-state index contributed by atoms with van der Waals surface area (Å²) in [5.74, 6) is 0.968. The summed E-state index contributed by atoms with van der Waals surface area (Å²) in [5, 5.41) is 2.93. The van der Waals surface area contributed by atoms with E-state index in [0.717, 1.165) is 18.7 Å². The van der Waals surface area contributed by atoms with E-state index >= 15 is 0 Å². The maximum Gasteiger partial charge on any atom is 0.234 e. The predicted octanol–water partition coefficient (Wildman–Crippen LogP) is 1.18. The molecule has 4 nitrogen and oxygen atoms in total. The lowest BCUT2D eigenvalue weighted by Crippen LogP contribution is -2.36. The van der Waals surface area contributed by atoms with Crippen LogP contribution in [0.4, 0.5) is 0 Å². The van der Waals surface area contributed by atoms with Crippen molar-refractivity contribution in [2.45, 2.75) is 11.3 Å². The van der Waals surface area contributed by atoms with Gasteiger partial charge >= 0.3 is 0 Å². The van der Waals surface area contributed by atoms with Crippen molar-refractivity contribution in [2.24, 2.45) is 5.73 Å². The topological polar surface area (TPSA) is 58.4 Å². The number of carbonyl (C=O) groups excluding carboxylic acids is 1. The van der Waals surface area contributed by atoms with Gasteiger partial charge in [0.25, 0.3) is 0 Å². The van der Waals surface area contributed by atoms with E-state index < -0.39 is 0 Å². The molecule has 0 atom stereocenters. The molecule has 0 aliphatic rings. The summed E-state index contributed by atoms with van der Waals surface area (Å²) in [7, 11) is 1.94. The van der Waals surface area contributed by atoms with Crippen LogP contribution in [-0.2, 0) is 4.79 Å². The largest absolute Gasteiger partial charge is 0.354 e. The molecule has 0 saturated heterocycles. The third-order valence-electron chi connectivity index (χ3n) is 2.59. The standard InChI is InChI=1S/C14H23N3OS/c1-17(10-5-8-15)12-14(18)16-9-11-19-13-6-3-2-4-7-13/h2-4,6-7H,5,8-12,15H2,1H3,(H,16,18). The first kappa shape index (κ1) is 16.0. The van der Waals surface area contributed by atoms with Gasteiger partial charge in [-0.3, -0.25) is 9.69 Å². The van der Waals surface area contributed by atoms with E-state index in [-0.39, 0.29) is 5.91 Å². The van der Waals surface area contributed by atoms with E-state index in [1.54, 1.807) is 11.8 Å². The number of amides is 1. The lowest BCUT2D eigenvalue weighted by molar-refractivity contribution is -0.121. The molecule has 19 heavy (non-hydrogen) atoms. The molecule has 0 spiro atoms. The van der Waals surface area contributed by atoms with Crippen molar-refractivity contribution >= 4 is 17.7 Å². The highest BCUT2D eigenvalue weighted by atomic mass is 32.2. The molecule has 3 N–H and O–H groups in total. The number of hydrogen-bond acceptors (Lipinski definition) is 4. The highest BCUT2D eigenvalue weighted by molar-refractivity contribution is 7.99. The van der Waals surface area contributed by atoms with Gasteiger partial charge in [0.1, 0.15) is 0 Å². The Hall–Kier alpha value is -1.04. The summed E-state index contributed by atoms with van der Waals surface area (Å²) in [4.78, 5) is 14.9. The Bertz CT molecular complexity index is 359. The van der Waals surface area contributed by atoms with E-state index in [0.29, 0.717) is 19.6 Å². The maximum absolute atomic E-state index is 11.6. The Morgan fingerprint density at radius 1 is 1.37 bits per heavy atom. The zero-order valence-electron chi connectivity index (χ0n) is 11.5. The minimum absolute atomic E-state index is 0.0770. The molecule has 0 bridgehead atoms. The highest BCUT2D eigenvalue weighted by Crippen LogP contribution is 2.15. The molecule has 1 amide bonds. The van der Waals surface area contributed by atoms with Crippen molar-refractivity contribution in [1.82, 2.24) is 10.2 Å². The normalized spacial score (nSPS) is 10.7. The highest BCUT2D eigenvalue weighted by Gasteiger charge is 2.05. The number of nitrogens with one attached hydrogen (secondary N) is 1. The van der Waals surface area contributed by atoms with Gasteiger partial charge in [0, 0.05) is 17.2 Å². The van der Waals surface area contributed by atoms with Crippen molar-refractivity contribution in [3.8, 4) is 0 Å². The molecule has 1 rings (SSSR count). The second kappa shape index (κ2) is 9.83. The maximum atomic E-state index is 11.6. The summed E-state index contributed by atoms with van der Waals surface area (Å²) in [6, 6.07) is 10.2. The third kappa shape index (κ3) is 7.87.